The van der Waals surface area contributed by atoms with Gasteiger partial charge in [-0.1, -0.05) is 13.8 Å². The summed E-state index contributed by atoms with van der Waals surface area (Å²) in [5.74, 6) is 0.0814. The van der Waals surface area contributed by atoms with Gasteiger partial charge in [-0.05, 0) is 27.9 Å². The lowest BCUT2D eigenvalue weighted by Gasteiger charge is -2.15. The third-order valence-electron chi connectivity index (χ3n) is 2.76. The first-order valence-corrected chi connectivity index (χ1v) is 7.88. The van der Waals surface area contributed by atoms with Crippen LogP contribution >= 0.6 is 39.9 Å². The minimum absolute atomic E-state index is 0. The van der Waals surface area contributed by atoms with Crippen molar-refractivity contribution in [1.29, 1.82) is 0 Å². The Balaban J connectivity index is 0.00000242. The molecule has 0 saturated heterocycles. The van der Waals surface area contributed by atoms with Crippen LogP contribution in [-0.2, 0) is 4.79 Å². The molecule has 0 aliphatic heterocycles. The molecule has 22 heavy (non-hydrogen) atoms. The van der Waals surface area contributed by atoms with Crippen molar-refractivity contribution in [2.24, 2.45) is 5.92 Å². The summed E-state index contributed by atoms with van der Waals surface area (Å²) < 4.78 is 0.856. The van der Waals surface area contributed by atoms with Crippen molar-refractivity contribution in [3.63, 3.8) is 0 Å². The normalized spacial score (nSPS) is 10.4. The van der Waals surface area contributed by atoms with Crippen LogP contribution in [0.1, 0.15) is 13.8 Å². The Hall–Kier alpha value is -1.11. The molecule has 8 heteroatoms. The zero-order valence-corrected chi connectivity index (χ0v) is 15.3. The predicted molar refractivity (Wildman–Crippen MR) is 97.2 cm³/mol. The number of amides is 1. The Bertz CT molecular complexity index is 667. The largest absolute Gasteiger partial charge is 0.381 e. The fraction of sp³-hybridized carbons (Fsp3) is 0.357. The number of anilines is 2. The van der Waals surface area contributed by atoms with Crippen LogP contribution in [-0.4, -0.2) is 28.3 Å². The lowest BCUT2D eigenvalue weighted by molar-refractivity contribution is -0.113. The van der Waals surface area contributed by atoms with E-state index in [-0.39, 0.29) is 24.2 Å². The molecule has 2 rings (SSSR count). The molecular formula is C14H17BrCl2N4O. The van der Waals surface area contributed by atoms with Crippen molar-refractivity contribution < 1.29 is 4.79 Å². The third-order valence-corrected chi connectivity index (χ3v) is 3.43. The number of carbonyl (C=O) groups is 1. The maximum absolute atomic E-state index is 11.5. The first-order chi connectivity index (χ1) is 10.0. The fourth-order valence-corrected chi connectivity index (χ4v) is 2.20. The number of rotatable bonds is 5. The topological polar surface area (TPSA) is 66.9 Å². The summed E-state index contributed by atoms with van der Waals surface area (Å²) in [6.45, 7) is 4.98. The minimum atomic E-state index is -0.275. The quantitative estimate of drug-likeness (QED) is 0.733. The zero-order chi connectivity index (χ0) is 15.4. The van der Waals surface area contributed by atoms with E-state index in [2.05, 4.69) is 50.4 Å². The SMILES string of the molecule is CC(C)CNc1c(NC(=O)CCl)cnc2cc(Br)cnc12.Cl. The number of fused-ring (bicyclic) bond motifs is 1. The highest BCUT2D eigenvalue weighted by atomic mass is 79.9. The summed E-state index contributed by atoms with van der Waals surface area (Å²) in [7, 11) is 0. The molecular weight excluding hydrogens is 391 g/mol. The number of carbonyl (C=O) groups excluding carboxylic acids is 1. The molecule has 2 aromatic heterocycles. The molecule has 2 heterocycles. The van der Waals surface area contributed by atoms with Crippen LogP contribution < -0.4 is 10.6 Å². The van der Waals surface area contributed by atoms with Crippen LogP contribution in [0.4, 0.5) is 11.4 Å². The van der Waals surface area contributed by atoms with Gasteiger partial charge in [0.05, 0.1) is 23.1 Å². The number of aromatic nitrogens is 2. The molecule has 0 aliphatic carbocycles. The number of hydrogen-bond donors (Lipinski definition) is 2. The second-order valence-corrected chi connectivity index (χ2v) is 6.21. The summed E-state index contributed by atoms with van der Waals surface area (Å²) in [4.78, 5) is 20.3. The molecule has 0 unspecified atom stereocenters. The van der Waals surface area contributed by atoms with Crippen LogP contribution in [0.5, 0.6) is 0 Å². The Morgan fingerprint density at radius 3 is 2.73 bits per heavy atom. The van der Waals surface area contributed by atoms with Gasteiger partial charge in [-0.2, -0.15) is 0 Å². The molecule has 0 aromatic carbocycles. The molecule has 0 radical (unpaired) electrons. The maximum atomic E-state index is 11.5. The monoisotopic (exact) mass is 406 g/mol. The Labute approximate surface area is 148 Å². The highest BCUT2D eigenvalue weighted by Crippen LogP contribution is 2.30. The highest BCUT2D eigenvalue weighted by molar-refractivity contribution is 9.10. The van der Waals surface area contributed by atoms with Gasteiger partial charge >= 0.3 is 0 Å². The Morgan fingerprint density at radius 1 is 1.36 bits per heavy atom. The Kier molecular flexibility index (Phi) is 7.32. The molecule has 0 saturated carbocycles. The van der Waals surface area contributed by atoms with Crippen LogP contribution in [0.2, 0.25) is 0 Å². The Morgan fingerprint density at radius 2 is 2.09 bits per heavy atom. The van der Waals surface area contributed by atoms with Crippen LogP contribution in [0.25, 0.3) is 11.0 Å². The highest BCUT2D eigenvalue weighted by Gasteiger charge is 2.13. The van der Waals surface area contributed by atoms with Gasteiger partial charge in [0.15, 0.2) is 0 Å². The van der Waals surface area contributed by atoms with Gasteiger partial charge < -0.3 is 10.6 Å². The predicted octanol–water partition coefficient (Wildman–Crippen LogP) is 4.06. The van der Waals surface area contributed by atoms with Gasteiger partial charge in [0.1, 0.15) is 11.4 Å². The van der Waals surface area contributed by atoms with E-state index >= 15 is 0 Å². The summed E-state index contributed by atoms with van der Waals surface area (Å²) in [6.07, 6.45) is 3.32. The second kappa shape index (κ2) is 8.50. The molecule has 0 spiro atoms. The van der Waals surface area contributed by atoms with E-state index in [0.717, 1.165) is 22.2 Å². The van der Waals surface area contributed by atoms with Gasteiger partial charge in [-0.3, -0.25) is 14.8 Å². The molecule has 2 N–H and O–H groups in total. The number of alkyl halides is 1. The molecule has 5 nitrogen and oxygen atoms in total. The van der Waals surface area contributed by atoms with E-state index in [1.807, 2.05) is 6.07 Å². The number of nitrogens with zero attached hydrogens (tertiary/aromatic N) is 2. The van der Waals surface area contributed by atoms with Crippen molar-refractivity contribution in [1.82, 2.24) is 9.97 Å². The lowest BCUT2D eigenvalue weighted by atomic mass is 10.2. The van der Waals surface area contributed by atoms with Gasteiger partial charge in [-0.25, -0.2) is 0 Å². The van der Waals surface area contributed by atoms with Crippen LogP contribution in [0.3, 0.4) is 0 Å². The molecule has 1 amide bonds. The van der Waals surface area contributed by atoms with Gasteiger partial charge in [-0.15, -0.1) is 24.0 Å². The average Bonchev–Trinajstić information content (AvgIpc) is 2.45. The molecule has 0 bridgehead atoms. The smallest absolute Gasteiger partial charge is 0.239 e. The lowest BCUT2D eigenvalue weighted by Crippen LogP contribution is -2.16. The van der Waals surface area contributed by atoms with Crippen LogP contribution in [0.15, 0.2) is 22.9 Å². The molecule has 120 valence electrons. The summed E-state index contributed by atoms with van der Waals surface area (Å²) in [5, 5.41) is 6.07. The van der Waals surface area contributed by atoms with Gasteiger partial charge in [0.2, 0.25) is 5.91 Å². The van der Waals surface area contributed by atoms with Crippen LogP contribution in [0, 0.1) is 5.92 Å². The summed E-state index contributed by atoms with van der Waals surface area (Å²) in [5.41, 5.74) is 2.81. The van der Waals surface area contributed by atoms with Crippen molar-refractivity contribution in [3.05, 3.63) is 22.9 Å². The average molecular weight is 408 g/mol. The van der Waals surface area contributed by atoms with Gasteiger partial charge in [0, 0.05) is 17.2 Å². The maximum Gasteiger partial charge on any atom is 0.239 e. The van der Waals surface area contributed by atoms with Crippen molar-refractivity contribution in [2.45, 2.75) is 13.8 Å². The standard InChI is InChI=1S/C14H16BrClN4O.ClH/c1-8(2)5-18-14-11(20-12(21)4-16)7-17-10-3-9(15)6-19-13(10)14;/h3,6-8H,4-5H2,1-2H3,(H,17,18)(H,20,21);1H. The molecule has 0 fully saturated rings. The second-order valence-electron chi connectivity index (χ2n) is 5.02. The first-order valence-electron chi connectivity index (χ1n) is 6.55. The van der Waals surface area contributed by atoms with Crippen molar-refractivity contribution in [3.8, 4) is 0 Å². The van der Waals surface area contributed by atoms with E-state index in [1.54, 1.807) is 12.4 Å². The summed E-state index contributed by atoms with van der Waals surface area (Å²) >= 11 is 8.93. The molecule has 0 atom stereocenters. The fourth-order valence-electron chi connectivity index (χ4n) is 1.81. The van der Waals surface area contributed by atoms with E-state index in [1.165, 1.54) is 0 Å². The molecule has 2 aromatic rings. The van der Waals surface area contributed by atoms with Crippen molar-refractivity contribution >= 4 is 68.3 Å². The van der Waals surface area contributed by atoms with E-state index in [0.29, 0.717) is 17.1 Å². The number of nitrogens with one attached hydrogen (secondary N) is 2. The van der Waals surface area contributed by atoms with Gasteiger partial charge in [0.25, 0.3) is 0 Å². The minimum Gasteiger partial charge on any atom is -0.381 e. The molecule has 0 aliphatic rings. The van der Waals surface area contributed by atoms with Crippen molar-refractivity contribution in [2.75, 3.05) is 23.1 Å². The number of hydrogen-bond acceptors (Lipinski definition) is 4. The van der Waals surface area contributed by atoms with E-state index in [4.69, 9.17) is 11.6 Å². The third kappa shape index (κ3) is 4.69. The van der Waals surface area contributed by atoms with E-state index < -0.39 is 0 Å². The first kappa shape index (κ1) is 18.9. The number of pyridine rings is 2. The number of halogens is 3. The summed E-state index contributed by atoms with van der Waals surface area (Å²) in [6, 6.07) is 1.88. The van der Waals surface area contributed by atoms with E-state index in [9.17, 15) is 4.79 Å². The zero-order valence-electron chi connectivity index (χ0n) is 12.2.